The monoisotopic (exact) mass is 270 g/mol. The molecule has 0 fully saturated rings. The first-order valence-electron chi connectivity index (χ1n) is 6.12. The van der Waals surface area contributed by atoms with E-state index < -0.39 is 6.17 Å². The van der Waals surface area contributed by atoms with E-state index in [0.29, 0.717) is 11.3 Å². The van der Waals surface area contributed by atoms with E-state index in [4.69, 9.17) is 16.3 Å². The quantitative estimate of drug-likeness (QED) is 0.328. The molecule has 0 saturated carbocycles. The molecule has 4 N–H and O–H groups in total. The molecule has 0 aliphatic rings. The van der Waals surface area contributed by atoms with Crippen LogP contribution in [0.4, 0.5) is 5.69 Å². The average molecular weight is 270 g/mol. The van der Waals surface area contributed by atoms with Crippen molar-refractivity contribution in [1.82, 2.24) is 5.32 Å². The number of hydrogen-bond acceptors (Lipinski definition) is 4. The summed E-state index contributed by atoms with van der Waals surface area (Å²) in [6.45, 7) is 5.90. The third-order valence-electron chi connectivity index (χ3n) is 2.61. The van der Waals surface area contributed by atoms with Gasteiger partial charge in [0.25, 0.3) is 0 Å². The van der Waals surface area contributed by atoms with Gasteiger partial charge >= 0.3 is 0 Å². The van der Waals surface area contributed by atoms with Crippen molar-refractivity contribution in [2.75, 3.05) is 5.32 Å². The maximum absolute atomic E-state index is 8.75. The molecule has 0 amide bonds. The van der Waals surface area contributed by atoms with Crippen LogP contribution in [0, 0.1) is 28.2 Å². The Morgan fingerprint density at radius 3 is 2.30 bits per heavy atom. The molecule has 104 valence electrons. The molecule has 1 rings (SSSR count). The van der Waals surface area contributed by atoms with Crippen molar-refractivity contribution in [3.8, 4) is 12.3 Å². The summed E-state index contributed by atoms with van der Waals surface area (Å²) in [5.74, 6) is 0.277. The van der Waals surface area contributed by atoms with Crippen molar-refractivity contribution in [2.24, 2.45) is 16.1 Å². The van der Waals surface area contributed by atoms with Crippen LogP contribution >= 0.6 is 0 Å². The Kier molecular flexibility index (Phi) is 5.08. The Labute approximate surface area is 118 Å². The highest BCUT2D eigenvalue weighted by Crippen LogP contribution is 2.18. The highest BCUT2D eigenvalue weighted by atomic mass is 15.2. The van der Waals surface area contributed by atoms with Crippen molar-refractivity contribution in [3.05, 3.63) is 29.8 Å². The minimum atomic E-state index is -0.454. The van der Waals surface area contributed by atoms with Crippen molar-refractivity contribution in [2.45, 2.75) is 26.9 Å². The Hall–Kier alpha value is -2.57. The lowest BCUT2D eigenvalue weighted by Crippen LogP contribution is -2.38. The minimum Gasteiger partial charge on any atom is -0.325 e. The molecule has 0 bridgehead atoms. The second-order valence-electron chi connectivity index (χ2n) is 5.34. The molecule has 0 unspecified atom stereocenters. The van der Waals surface area contributed by atoms with E-state index in [2.05, 4.69) is 15.6 Å². The molecule has 0 aliphatic heterocycles. The summed E-state index contributed by atoms with van der Waals surface area (Å²) in [6.07, 6.45) is 1.36. The molecule has 0 radical (unpaired) electrons. The summed E-state index contributed by atoms with van der Waals surface area (Å²) in [5, 5.41) is 22.9. The third kappa shape index (κ3) is 4.60. The SMILES string of the molecule is CC(C)(C)[C@@H](N)N=C(NC#N)Nc1ccc(C#N)cc1. The summed E-state index contributed by atoms with van der Waals surface area (Å²) in [4.78, 5) is 4.26. The molecule has 0 heterocycles. The molecule has 0 saturated heterocycles. The number of nitrogens with zero attached hydrogens (tertiary/aromatic N) is 3. The van der Waals surface area contributed by atoms with E-state index in [0.717, 1.165) is 0 Å². The fraction of sp³-hybridized carbons (Fsp3) is 0.357. The largest absolute Gasteiger partial charge is 0.325 e. The first-order valence-corrected chi connectivity index (χ1v) is 6.12. The van der Waals surface area contributed by atoms with Crippen LogP contribution in [-0.2, 0) is 0 Å². The predicted molar refractivity (Wildman–Crippen MR) is 78.4 cm³/mol. The van der Waals surface area contributed by atoms with Crippen LogP contribution in [0.1, 0.15) is 26.3 Å². The van der Waals surface area contributed by atoms with Gasteiger partial charge in [-0.1, -0.05) is 20.8 Å². The van der Waals surface area contributed by atoms with Crippen LogP contribution in [0.25, 0.3) is 0 Å². The number of hydrogen-bond donors (Lipinski definition) is 3. The van der Waals surface area contributed by atoms with E-state index in [1.54, 1.807) is 24.3 Å². The van der Waals surface area contributed by atoms with E-state index in [1.165, 1.54) is 0 Å². The Morgan fingerprint density at radius 1 is 1.25 bits per heavy atom. The van der Waals surface area contributed by atoms with Gasteiger partial charge in [0.2, 0.25) is 5.96 Å². The van der Waals surface area contributed by atoms with Gasteiger partial charge in [-0.15, -0.1) is 0 Å². The Morgan fingerprint density at radius 2 is 1.85 bits per heavy atom. The minimum absolute atomic E-state index is 0.214. The van der Waals surface area contributed by atoms with Crippen molar-refractivity contribution in [3.63, 3.8) is 0 Å². The van der Waals surface area contributed by atoms with E-state index in [1.807, 2.05) is 33.0 Å². The maximum atomic E-state index is 8.75. The predicted octanol–water partition coefficient (Wildman–Crippen LogP) is 1.73. The van der Waals surface area contributed by atoms with Crippen LogP contribution in [0.15, 0.2) is 29.3 Å². The fourth-order valence-electron chi connectivity index (χ4n) is 1.25. The Bertz CT molecular complexity index is 553. The maximum Gasteiger partial charge on any atom is 0.210 e. The molecule has 1 aromatic rings. The zero-order chi connectivity index (χ0) is 15.2. The van der Waals surface area contributed by atoms with Crippen LogP contribution in [0.5, 0.6) is 0 Å². The highest BCUT2D eigenvalue weighted by molar-refractivity contribution is 5.94. The van der Waals surface area contributed by atoms with Crippen LogP contribution in [0.2, 0.25) is 0 Å². The number of guanidine groups is 1. The van der Waals surface area contributed by atoms with Gasteiger partial charge in [0.05, 0.1) is 11.6 Å². The molecular weight excluding hydrogens is 252 g/mol. The number of rotatable bonds is 2. The fourth-order valence-corrected chi connectivity index (χ4v) is 1.25. The molecule has 0 spiro atoms. The third-order valence-corrected chi connectivity index (χ3v) is 2.61. The van der Waals surface area contributed by atoms with E-state index in [9.17, 15) is 0 Å². The number of nitrogens with one attached hydrogen (secondary N) is 2. The number of nitrogens with two attached hydrogens (primary N) is 1. The molecule has 0 aliphatic carbocycles. The molecule has 6 nitrogen and oxygen atoms in total. The topological polar surface area (TPSA) is 110 Å². The number of anilines is 1. The molecule has 20 heavy (non-hydrogen) atoms. The highest BCUT2D eigenvalue weighted by Gasteiger charge is 2.20. The van der Waals surface area contributed by atoms with Crippen LogP contribution < -0.4 is 16.4 Å². The summed E-state index contributed by atoms with van der Waals surface area (Å²) < 4.78 is 0. The normalized spacial score (nSPS) is 13.0. The van der Waals surface area contributed by atoms with Crippen LogP contribution in [-0.4, -0.2) is 12.1 Å². The number of benzene rings is 1. The van der Waals surface area contributed by atoms with Gasteiger partial charge in [0.15, 0.2) is 6.19 Å². The van der Waals surface area contributed by atoms with Gasteiger partial charge in [0, 0.05) is 5.69 Å². The second-order valence-corrected chi connectivity index (χ2v) is 5.34. The zero-order valence-electron chi connectivity index (χ0n) is 11.8. The van der Waals surface area contributed by atoms with Gasteiger partial charge in [0.1, 0.15) is 6.17 Å². The van der Waals surface area contributed by atoms with Gasteiger partial charge in [-0.3, -0.25) is 5.32 Å². The molecule has 0 aromatic heterocycles. The molecular formula is C14H18N6. The zero-order valence-corrected chi connectivity index (χ0v) is 11.8. The van der Waals surface area contributed by atoms with Crippen molar-refractivity contribution in [1.29, 1.82) is 10.5 Å². The van der Waals surface area contributed by atoms with Crippen molar-refractivity contribution < 1.29 is 0 Å². The molecule has 6 heteroatoms. The first-order chi connectivity index (χ1) is 9.36. The lowest BCUT2D eigenvalue weighted by atomic mass is 9.93. The molecule has 1 aromatic carbocycles. The average Bonchev–Trinajstić information content (AvgIpc) is 2.38. The van der Waals surface area contributed by atoms with Gasteiger partial charge in [-0.05, 0) is 29.7 Å². The van der Waals surface area contributed by atoms with Gasteiger partial charge in [-0.25, -0.2) is 4.99 Å². The smallest absolute Gasteiger partial charge is 0.210 e. The summed E-state index contributed by atoms with van der Waals surface area (Å²) >= 11 is 0. The number of aliphatic imine (C=N–C) groups is 1. The number of nitriles is 2. The Balaban J connectivity index is 2.90. The summed E-state index contributed by atoms with van der Waals surface area (Å²) in [5.41, 5.74) is 7.03. The standard InChI is InChI=1S/C14H18N6/c1-14(2,3)12(17)20-13(18-9-16)19-11-6-4-10(8-15)5-7-11/h4-7,12H,17H2,1-3H3,(H2,18,19,20)/t12-/m0/s1. The lowest BCUT2D eigenvalue weighted by Gasteiger charge is -2.24. The lowest BCUT2D eigenvalue weighted by molar-refractivity contribution is 0.329. The molecule has 1 atom stereocenters. The summed E-state index contributed by atoms with van der Waals surface area (Å²) in [6, 6.07) is 8.86. The van der Waals surface area contributed by atoms with E-state index >= 15 is 0 Å². The van der Waals surface area contributed by atoms with Gasteiger partial charge < -0.3 is 11.1 Å². The van der Waals surface area contributed by atoms with Crippen LogP contribution in [0.3, 0.4) is 0 Å². The second kappa shape index (κ2) is 6.55. The summed E-state index contributed by atoms with van der Waals surface area (Å²) in [7, 11) is 0. The first kappa shape index (κ1) is 15.5. The van der Waals surface area contributed by atoms with Gasteiger partial charge in [-0.2, -0.15) is 10.5 Å². The van der Waals surface area contributed by atoms with Crippen molar-refractivity contribution >= 4 is 11.6 Å². The van der Waals surface area contributed by atoms with E-state index in [-0.39, 0.29) is 11.4 Å².